The highest BCUT2D eigenvalue weighted by Crippen LogP contribution is 2.55. The Labute approximate surface area is 62.3 Å². The summed E-state index contributed by atoms with van der Waals surface area (Å²) in [5, 5.41) is 0. The van der Waals surface area contributed by atoms with Crippen LogP contribution in [0.2, 0.25) is 0 Å². The first-order chi connectivity index (χ1) is 4.95. The van der Waals surface area contributed by atoms with Gasteiger partial charge in [-0.2, -0.15) is 0 Å². The maximum Gasteiger partial charge on any atom is -0.0163 e. The standard InChI is InChI=1S/C10H14/c1-2-7-4-5-8-6-10(8)9(7)3-1/h7-8H,1-6H2. The second kappa shape index (κ2) is 1.66. The third kappa shape index (κ3) is 0.574. The summed E-state index contributed by atoms with van der Waals surface area (Å²) in [7, 11) is 0. The molecule has 2 saturated carbocycles. The van der Waals surface area contributed by atoms with E-state index in [1.165, 1.54) is 38.5 Å². The molecule has 0 aromatic rings. The Balaban J connectivity index is 2.03. The molecule has 2 unspecified atom stereocenters. The van der Waals surface area contributed by atoms with Crippen LogP contribution >= 0.6 is 0 Å². The van der Waals surface area contributed by atoms with Crippen molar-refractivity contribution in [2.24, 2.45) is 11.8 Å². The Morgan fingerprint density at radius 1 is 0.900 bits per heavy atom. The van der Waals surface area contributed by atoms with Gasteiger partial charge < -0.3 is 0 Å². The second-order valence-electron chi connectivity index (χ2n) is 4.12. The molecular weight excluding hydrogens is 120 g/mol. The third-order valence-electron chi connectivity index (χ3n) is 3.57. The van der Waals surface area contributed by atoms with Gasteiger partial charge in [0, 0.05) is 0 Å². The van der Waals surface area contributed by atoms with Crippen LogP contribution in [0.25, 0.3) is 0 Å². The van der Waals surface area contributed by atoms with Crippen molar-refractivity contribution in [1.29, 1.82) is 0 Å². The largest absolute Gasteiger partial charge is 0.0676 e. The number of hydrogen-bond donors (Lipinski definition) is 0. The van der Waals surface area contributed by atoms with Gasteiger partial charge in [-0.1, -0.05) is 11.1 Å². The molecule has 3 aliphatic rings. The van der Waals surface area contributed by atoms with Crippen LogP contribution in [0.3, 0.4) is 0 Å². The maximum absolute atomic E-state index is 1.91. The van der Waals surface area contributed by atoms with Crippen LogP contribution in [0.15, 0.2) is 11.1 Å². The quantitative estimate of drug-likeness (QED) is 0.447. The van der Waals surface area contributed by atoms with Gasteiger partial charge in [0.05, 0.1) is 0 Å². The minimum Gasteiger partial charge on any atom is -0.0676 e. The summed E-state index contributed by atoms with van der Waals surface area (Å²) in [6.07, 6.45) is 9.04. The van der Waals surface area contributed by atoms with Crippen molar-refractivity contribution < 1.29 is 0 Å². The molecule has 0 amide bonds. The van der Waals surface area contributed by atoms with E-state index in [0.29, 0.717) is 0 Å². The molecule has 0 aromatic carbocycles. The van der Waals surface area contributed by atoms with Gasteiger partial charge in [0.25, 0.3) is 0 Å². The summed E-state index contributed by atoms with van der Waals surface area (Å²) in [5.74, 6) is 2.15. The molecule has 0 radical (unpaired) electrons. The van der Waals surface area contributed by atoms with Crippen molar-refractivity contribution in [1.82, 2.24) is 0 Å². The molecule has 0 saturated heterocycles. The van der Waals surface area contributed by atoms with E-state index in [2.05, 4.69) is 0 Å². The van der Waals surface area contributed by atoms with Gasteiger partial charge in [-0.25, -0.2) is 0 Å². The molecule has 0 heterocycles. The lowest BCUT2D eigenvalue weighted by atomic mass is 9.90. The highest BCUT2D eigenvalue weighted by atomic mass is 14.5. The Hall–Kier alpha value is -0.260. The monoisotopic (exact) mass is 134 g/mol. The lowest BCUT2D eigenvalue weighted by molar-refractivity contribution is 0.508. The van der Waals surface area contributed by atoms with Gasteiger partial charge in [0.1, 0.15) is 0 Å². The van der Waals surface area contributed by atoms with Gasteiger partial charge in [0.2, 0.25) is 0 Å². The summed E-state index contributed by atoms with van der Waals surface area (Å²) in [6.45, 7) is 0. The fourth-order valence-corrected chi connectivity index (χ4v) is 2.94. The normalized spacial score (nSPS) is 43.2. The molecule has 0 nitrogen and oxygen atoms in total. The molecule has 0 N–H and O–H groups in total. The molecule has 3 rings (SSSR count). The fraction of sp³-hybridized carbons (Fsp3) is 0.800. The Bertz CT molecular complexity index is 200. The van der Waals surface area contributed by atoms with Gasteiger partial charge >= 0.3 is 0 Å². The van der Waals surface area contributed by atoms with Gasteiger partial charge in [-0.3, -0.25) is 0 Å². The van der Waals surface area contributed by atoms with Gasteiger partial charge in [0.15, 0.2) is 0 Å². The average molecular weight is 134 g/mol. The van der Waals surface area contributed by atoms with Crippen molar-refractivity contribution in [3.05, 3.63) is 11.1 Å². The zero-order chi connectivity index (χ0) is 6.55. The van der Waals surface area contributed by atoms with Crippen molar-refractivity contribution >= 4 is 0 Å². The van der Waals surface area contributed by atoms with Crippen molar-refractivity contribution in [2.75, 3.05) is 0 Å². The lowest BCUT2D eigenvalue weighted by Gasteiger charge is -2.15. The van der Waals surface area contributed by atoms with Crippen LogP contribution in [0, 0.1) is 11.8 Å². The summed E-state index contributed by atoms with van der Waals surface area (Å²) in [5.41, 5.74) is 3.81. The van der Waals surface area contributed by atoms with Crippen LogP contribution in [-0.4, -0.2) is 0 Å². The molecule has 2 atom stereocenters. The molecule has 2 fully saturated rings. The molecular formula is C10H14. The highest BCUT2D eigenvalue weighted by Gasteiger charge is 2.40. The zero-order valence-electron chi connectivity index (χ0n) is 6.40. The van der Waals surface area contributed by atoms with Gasteiger partial charge in [-0.05, 0) is 50.4 Å². The predicted molar refractivity (Wildman–Crippen MR) is 41.7 cm³/mol. The molecule has 0 aromatic heterocycles. The molecule has 0 spiro atoms. The van der Waals surface area contributed by atoms with Crippen molar-refractivity contribution in [2.45, 2.75) is 38.5 Å². The smallest absolute Gasteiger partial charge is 0.0163 e. The van der Waals surface area contributed by atoms with Crippen molar-refractivity contribution in [3.8, 4) is 0 Å². The van der Waals surface area contributed by atoms with Crippen molar-refractivity contribution in [3.63, 3.8) is 0 Å². The number of rotatable bonds is 0. The maximum atomic E-state index is 1.91. The first-order valence-electron chi connectivity index (χ1n) is 4.67. The zero-order valence-corrected chi connectivity index (χ0v) is 6.40. The summed E-state index contributed by atoms with van der Waals surface area (Å²) < 4.78 is 0. The first kappa shape index (κ1) is 5.40. The topological polar surface area (TPSA) is 0 Å². The van der Waals surface area contributed by atoms with Crippen LogP contribution < -0.4 is 0 Å². The highest BCUT2D eigenvalue weighted by molar-refractivity contribution is 5.35. The van der Waals surface area contributed by atoms with E-state index in [-0.39, 0.29) is 0 Å². The minimum atomic E-state index is 1.06. The van der Waals surface area contributed by atoms with E-state index in [0.717, 1.165) is 11.8 Å². The molecule has 0 aliphatic heterocycles. The Morgan fingerprint density at radius 3 is 2.80 bits per heavy atom. The summed E-state index contributed by atoms with van der Waals surface area (Å²) >= 11 is 0. The molecule has 3 aliphatic carbocycles. The second-order valence-corrected chi connectivity index (χ2v) is 4.12. The van der Waals surface area contributed by atoms with E-state index in [1.54, 1.807) is 0 Å². The number of fused-ring (bicyclic) bond motifs is 2. The predicted octanol–water partition coefficient (Wildman–Crippen LogP) is 2.90. The Kier molecular flexibility index (Phi) is 0.898. The minimum absolute atomic E-state index is 1.06. The summed E-state index contributed by atoms with van der Waals surface area (Å²) in [6, 6.07) is 0. The SMILES string of the molecule is C1CC2=C3CC3CCC2C1. The lowest BCUT2D eigenvalue weighted by Crippen LogP contribution is -2.01. The van der Waals surface area contributed by atoms with E-state index in [4.69, 9.17) is 0 Å². The van der Waals surface area contributed by atoms with E-state index in [9.17, 15) is 0 Å². The van der Waals surface area contributed by atoms with Crippen LogP contribution in [0.5, 0.6) is 0 Å². The van der Waals surface area contributed by atoms with Crippen LogP contribution in [0.1, 0.15) is 38.5 Å². The molecule has 0 bridgehead atoms. The van der Waals surface area contributed by atoms with E-state index >= 15 is 0 Å². The molecule has 10 heavy (non-hydrogen) atoms. The first-order valence-corrected chi connectivity index (χ1v) is 4.67. The fourth-order valence-electron chi connectivity index (χ4n) is 2.94. The van der Waals surface area contributed by atoms with Crippen LogP contribution in [0.4, 0.5) is 0 Å². The molecule has 54 valence electrons. The number of hydrogen-bond acceptors (Lipinski definition) is 0. The average Bonchev–Trinajstić information content (AvgIpc) is 2.60. The van der Waals surface area contributed by atoms with E-state index < -0.39 is 0 Å². The van der Waals surface area contributed by atoms with E-state index in [1.807, 2.05) is 11.1 Å². The number of allylic oxidation sites excluding steroid dienone is 2. The molecule has 0 heteroatoms. The van der Waals surface area contributed by atoms with Crippen LogP contribution in [-0.2, 0) is 0 Å². The third-order valence-corrected chi connectivity index (χ3v) is 3.57. The van der Waals surface area contributed by atoms with Gasteiger partial charge in [-0.15, -0.1) is 0 Å². The Morgan fingerprint density at radius 2 is 1.80 bits per heavy atom. The summed E-state index contributed by atoms with van der Waals surface area (Å²) in [4.78, 5) is 0.